The Morgan fingerprint density at radius 3 is 2.48 bits per heavy atom. The highest BCUT2D eigenvalue weighted by Gasteiger charge is 2.12. The average molecular weight is 370 g/mol. The number of carbonyl (C=O) groups excluding carboxylic acids is 1. The third-order valence-corrected chi connectivity index (χ3v) is 3.94. The molecule has 1 aromatic heterocycles. The minimum atomic E-state index is -0.880. The fourth-order valence-electron chi connectivity index (χ4n) is 2.50. The van der Waals surface area contributed by atoms with Gasteiger partial charge >= 0.3 is 0 Å². The number of anilines is 1. The fourth-order valence-corrected chi connectivity index (χ4v) is 2.50. The number of aromatic nitrogens is 1. The number of ether oxygens (including phenoxy) is 1. The summed E-state index contributed by atoms with van der Waals surface area (Å²) in [6.45, 7) is 0.259. The summed E-state index contributed by atoms with van der Waals surface area (Å²) in [5.41, 5.74) is 0.594. The van der Waals surface area contributed by atoms with Gasteiger partial charge in [0.15, 0.2) is 0 Å². The Labute approximate surface area is 153 Å². The van der Waals surface area contributed by atoms with Crippen LogP contribution in [0.25, 0.3) is 0 Å². The van der Waals surface area contributed by atoms with Crippen LogP contribution in [0.4, 0.5) is 14.5 Å². The summed E-state index contributed by atoms with van der Waals surface area (Å²) in [5, 5.41) is 2.37. The van der Waals surface area contributed by atoms with Crippen molar-refractivity contribution in [1.29, 1.82) is 0 Å². The second-order valence-electron chi connectivity index (χ2n) is 5.81. The molecule has 1 N–H and O–H groups in total. The lowest BCUT2D eigenvalue weighted by molar-refractivity contribution is 0.102. The Balaban J connectivity index is 1.81. The average Bonchev–Trinajstić information content (AvgIpc) is 2.66. The summed E-state index contributed by atoms with van der Waals surface area (Å²) in [6.07, 6.45) is 1.39. The number of rotatable bonds is 5. The molecule has 3 rings (SSSR count). The van der Waals surface area contributed by atoms with Crippen molar-refractivity contribution < 1.29 is 18.3 Å². The zero-order valence-electron chi connectivity index (χ0n) is 14.4. The van der Waals surface area contributed by atoms with E-state index in [-0.39, 0.29) is 23.4 Å². The number of benzene rings is 2. The van der Waals surface area contributed by atoms with E-state index in [1.807, 2.05) is 12.1 Å². The first-order chi connectivity index (χ1) is 13.0. The lowest BCUT2D eigenvalue weighted by Crippen LogP contribution is -2.22. The molecule has 0 aliphatic carbocycles. The van der Waals surface area contributed by atoms with E-state index < -0.39 is 17.5 Å². The molecule has 1 heterocycles. The third kappa shape index (κ3) is 4.38. The number of pyridine rings is 1. The second-order valence-corrected chi connectivity index (χ2v) is 5.81. The maximum absolute atomic E-state index is 13.7. The summed E-state index contributed by atoms with van der Waals surface area (Å²) in [5.74, 6) is -1.53. The first-order valence-electron chi connectivity index (χ1n) is 8.06. The van der Waals surface area contributed by atoms with E-state index in [1.54, 1.807) is 19.2 Å². The van der Waals surface area contributed by atoms with Crippen molar-refractivity contribution in [2.75, 3.05) is 12.4 Å². The molecule has 0 fully saturated rings. The summed E-state index contributed by atoms with van der Waals surface area (Å²) in [7, 11) is 1.56. The van der Waals surface area contributed by atoms with E-state index in [9.17, 15) is 18.4 Å². The van der Waals surface area contributed by atoms with E-state index in [4.69, 9.17) is 4.74 Å². The van der Waals surface area contributed by atoms with Crippen LogP contribution in [-0.2, 0) is 6.54 Å². The van der Waals surface area contributed by atoms with Crippen LogP contribution < -0.4 is 15.6 Å². The van der Waals surface area contributed by atoms with Gasteiger partial charge in [-0.05, 0) is 35.9 Å². The third-order valence-electron chi connectivity index (χ3n) is 3.94. The number of hydrogen-bond acceptors (Lipinski definition) is 3. The van der Waals surface area contributed by atoms with Gasteiger partial charge < -0.3 is 14.6 Å². The van der Waals surface area contributed by atoms with Crippen LogP contribution in [0, 0.1) is 11.6 Å². The molecule has 27 heavy (non-hydrogen) atoms. The largest absolute Gasteiger partial charge is 0.497 e. The maximum Gasteiger partial charge on any atom is 0.257 e. The van der Waals surface area contributed by atoms with E-state index in [1.165, 1.54) is 22.9 Å². The number of hydrogen-bond donors (Lipinski definition) is 1. The Bertz CT molecular complexity index is 1030. The number of halogens is 2. The number of methoxy groups -OCH3 is 1. The van der Waals surface area contributed by atoms with Gasteiger partial charge in [0.2, 0.25) is 0 Å². The van der Waals surface area contributed by atoms with Crippen LogP contribution in [0.5, 0.6) is 5.75 Å². The molecule has 0 aliphatic rings. The van der Waals surface area contributed by atoms with Crippen LogP contribution in [-0.4, -0.2) is 17.6 Å². The SMILES string of the molecule is COc1ccc(Cn2cc(C(=O)Nc3ccc(F)cc3F)ccc2=O)cc1. The Hall–Kier alpha value is -3.48. The van der Waals surface area contributed by atoms with E-state index in [0.29, 0.717) is 11.8 Å². The lowest BCUT2D eigenvalue weighted by atomic mass is 10.2. The van der Waals surface area contributed by atoms with Crippen molar-refractivity contribution >= 4 is 11.6 Å². The van der Waals surface area contributed by atoms with E-state index in [0.717, 1.165) is 17.7 Å². The van der Waals surface area contributed by atoms with Crippen molar-refractivity contribution in [1.82, 2.24) is 4.57 Å². The van der Waals surface area contributed by atoms with Crippen molar-refractivity contribution in [3.8, 4) is 5.75 Å². The van der Waals surface area contributed by atoms with E-state index in [2.05, 4.69) is 5.32 Å². The quantitative estimate of drug-likeness (QED) is 0.749. The molecule has 138 valence electrons. The Morgan fingerprint density at radius 1 is 1.07 bits per heavy atom. The van der Waals surface area contributed by atoms with Crippen molar-refractivity contribution in [3.05, 3.63) is 93.9 Å². The monoisotopic (exact) mass is 370 g/mol. The molecule has 0 spiro atoms. The molecule has 0 bridgehead atoms. The Morgan fingerprint density at radius 2 is 1.81 bits per heavy atom. The van der Waals surface area contributed by atoms with Gasteiger partial charge in [0, 0.05) is 18.3 Å². The van der Waals surface area contributed by atoms with Gasteiger partial charge in [0.1, 0.15) is 17.4 Å². The molecule has 7 heteroatoms. The molecule has 0 saturated heterocycles. The summed E-state index contributed by atoms with van der Waals surface area (Å²) in [6, 6.07) is 12.6. The van der Waals surface area contributed by atoms with Crippen LogP contribution in [0.3, 0.4) is 0 Å². The highest BCUT2D eigenvalue weighted by Crippen LogP contribution is 2.16. The minimum absolute atomic E-state index is 0.144. The standard InChI is InChI=1S/C20H16F2N2O3/c1-27-16-6-2-13(3-7-16)11-24-12-14(4-9-19(24)25)20(26)23-18-8-5-15(21)10-17(18)22/h2-10,12H,11H2,1H3,(H,23,26). The normalized spacial score (nSPS) is 10.5. The molecule has 1 amide bonds. The number of nitrogens with zero attached hydrogens (tertiary/aromatic N) is 1. The zero-order chi connectivity index (χ0) is 19.4. The first kappa shape index (κ1) is 18.3. The predicted molar refractivity (Wildman–Crippen MR) is 97.1 cm³/mol. The number of amides is 1. The van der Waals surface area contributed by atoms with Crippen LogP contribution in [0.1, 0.15) is 15.9 Å². The molecular weight excluding hydrogens is 354 g/mol. The van der Waals surface area contributed by atoms with Gasteiger partial charge in [-0.1, -0.05) is 12.1 Å². The van der Waals surface area contributed by atoms with Gasteiger partial charge in [-0.15, -0.1) is 0 Å². The van der Waals surface area contributed by atoms with Gasteiger partial charge in [-0.2, -0.15) is 0 Å². The summed E-state index contributed by atoms with van der Waals surface area (Å²) in [4.78, 5) is 24.4. The highest BCUT2D eigenvalue weighted by atomic mass is 19.1. The van der Waals surface area contributed by atoms with Crippen molar-refractivity contribution in [2.24, 2.45) is 0 Å². The van der Waals surface area contributed by atoms with E-state index >= 15 is 0 Å². The topological polar surface area (TPSA) is 60.3 Å². The summed E-state index contributed by atoms with van der Waals surface area (Å²) >= 11 is 0. The van der Waals surface area contributed by atoms with Gasteiger partial charge in [-0.25, -0.2) is 8.78 Å². The fraction of sp³-hybridized carbons (Fsp3) is 0.100. The van der Waals surface area contributed by atoms with Crippen LogP contribution in [0.2, 0.25) is 0 Å². The molecule has 3 aromatic rings. The molecule has 5 nitrogen and oxygen atoms in total. The van der Waals surface area contributed by atoms with Crippen molar-refractivity contribution in [2.45, 2.75) is 6.54 Å². The maximum atomic E-state index is 13.7. The Kier molecular flexibility index (Phi) is 5.30. The molecule has 0 aliphatic heterocycles. The van der Waals surface area contributed by atoms with Crippen LogP contribution in [0.15, 0.2) is 65.6 Å². The molecule has 0 saturated carbocycles. The smallest absolute Gasteiger partial charge is 0.257 e. The van der Waals surface area contributed by atoms with Crippen molar-refractivity contribution in [3.63, 3.8) is 0 Å². The lowest BCUT2D eigenvalue weighted by Gasteiger charge is -2.10. The van der Waals surface area contributed by atoms with Gasteiger partial charge in [0.05, 0.1) is 24.9 Å². The first-order valence-corrected chi connectivity index (χ1v) is 8.06. The highest BCUT2D eigenvalue weighted by molar-refractivity contribution is 6.04. The molecule has 2 aromatic carbocycles. The molecule has 0 radical (unpaired) electrons. The molecular formula is C20H16F2N2O3. The predicted octanol–water partition coefficient (Wildman–Crippen LogP) is 3.44. The van der Waals surface area contributed by atoms with Gasteiger partial charge in [0.25, 0.3) is 11.5 Å². The van der Waals surface area contributed by atoms with Gasteiger partial charge in [-0.3, -0.25) is 9.59 Å². The second kappa shape index (κ2) is 7.82. The summed E-state index contributed by atoms with van der Waals surface area (Å²) < 4.78 is 33.1. The zero-order valence-corrected chi connectivity index (χ0v) is 14.4. The molecule has 0 atom stereocenters. The van der Waals surface area contributed by atoms with Crippen LogP contribution >= 0.6 is 0 Å². The number of nitrogens with one attached hydrogen (secondary N) is 1. The molecule has 0 unspecified atom stereocenters. The number of carbonyl (C=O) groups is 1. The minimum Gasteiger partial charge on any atom is -0.497 e.